The molecule has 1 amide bonds. The van der Waals surface area contributed by atoms with Crippen molar-refractivity contribution in [1.82, 2.24) is 14.9 Å². The minimum Gasteiger partial charge on any atom is -0.342 e. The molecule has 1 aromatic carbocycles. The molecule has 2 aromatic rings. The van der Waals surface area contributed by atoms with Crippen LogP contribution in [0.3, 0.4) is 0 Å². The van der Waals surface area contributed by atoms with Gasteiger partial charge in [0.1, 0.15) is 10.9 Å². The van der Waals surface area contributed by atoms with Gasteiger partial charge in [-0.1, -0.05) is 36.9 Å². The van der Waals surface area contributed by atoms with Crippen LogP contribution in [0.1, 0.15) is 38.4 Å². The summed E-state index contributed by atoms with van der Waals surface area (Å²) in [4.78, 5) is 23.7. The van der Waals surface area contributed by atoms with Gasteiger partial charge >= 0.3 is 0 Å². The minimum atomic E-state index is 0.231. The number of fused-ring (bicyclic) bond motifs is 1. The summed E-state index contributed by atoms with van der Waals surface area (Å²) in [5.74, 6) is 1.57. The summed E-state index contributed by atoms with van der Waals surface area (Å²) in [5.41, 5.74) is 0.971. The van der Waals surface area contributed by atoms with Gasteiger partial charge in [-0.05, 0) is 31.7 Å². The highest BCUT2D eigenvalue weighted by molar-refractivity contribution is 8.00. The van der Waals surface area contributed by atoms with Gasteiger partial charge in [0.15, 0.2) is 0 Å². The van der Waals surface area contributed by atoms with Crippen LogP contribution in [0.4, 0.5) is 0 Å². The molecule has 0 aliphatic carbocycles. The molecule has 122 valence electrons. The molecule has 0 N–H and O–H groups in total. The van der Waals surface area contributed by atoms with Gasteiger partial charge in [0.25, 0.3) is 0 Å². The van der Waals surface area contributed by atoms with Gasteiger partial charge in [0, 0.05) is 24.9 Å². The third kappa shape index (κ3) is 4.02. The number of carbonyl (C=O) groups excluding carboxylic acids is 1. The molecule has 1 saturated heterocycles. The second kappa shape index (κ2) is 7.77. The number of carbonyl (C=O) groups is 1. The summed E-state index contributed by atoms with van der Waals surface area (Å²) in [6.07, 6.45) is 5.41. The van der Waals surface area contributed by atoms with E-state index in [0.29, 0.717) is 5.75 Å². The van der Waals surface area contributed by atoms with E-state index in [9.17, 15) is 4.79 Å². The smallest absolute Gasteiger partial charge is 0.232 e. The van der Waals surface area contributed by atoms with E-state index in [2.05, 4.69) is 16.9 Å². The van der Waals surface area contributed by atoms with Crippen LogP contribution in [0.15, 0.2) is 29.3 Å². The van der Waals surface area contributed by atoms with Gasteiger partial charge < -0.3 is 4.90 Å². The Morgan fingerprint density at radius 2 is 1.96 bits per heavy atom. The normalized spacial score (nSPS) is 15.1. The van der Waals surface area contributed by atoms with Crippen molar-refractivity contribution in [3.8, 4) is 0 Å². The number of thioether (sulfide) groups is 1. The second-order valence-electron chi connectivity index (χ2n) is 5.94. The Morgan fingerprint density at radius 1 is 1.17 bits per heavy atom. The first-order valence-corrected chi connectivity index (χ1v) is 9.42. The molecule has 0 spiro atoms. The Kier molecular flexibility index (Phi) is 5.49. The van der Waals surface area contributed by atoms with Crippen LogP contribution in [0.5, 0.6) is 0 Å². The molecule has 0 unspecified atom stereocenters. The number of para-hydroxylation sites is 1. The Hall–Kier alpha value is -1.62. The van der Waals surface area contributed by atoms with E-state index in [-0.39, 0.29) is 5.91 Å². The molecular weight excluding hydrogens is 306 g/mol. The fourth-order valence-corrected chi connectivity index (χ4v) is 3.84. The Labute approximate surface area is 141 Å². The van der Waals surface area contributed by atoms with E-state index in [1.807, 2.05) is 29.2 Å². The van der Waals surface area contributed by atoms with E-state index in [1.165, 1.54) is 6.42 Å². The van der Waals surface area contributed by atoms with E-state index >= 15 is 0 Å². The van der Waals surface area contributed by atoms with Crippen LogP contribution in [0, 0.1) is 0 Å². The van der Waals surface area contributed by atoms with Crippen molar-refractivity contribution in [3.05, 3.63) is 30.1 Å². The van der Waals surface area contributed by atoms with E-state index in [1.54, 1.807) is 11.8 Å². The van der Waals surface area contributed by atoms with Crippen molar-refractivity contribution in [1.29, 1.82) is 0 Å². The topological polar surface area (TPSA) is 46.1 Å². The van der Waals surface area contributed by atoms with E-state index < -0.39 is 0 Å². The lowest BCUT2D eigenvalue weighted by Gasteiger charge is -2.26. The first-order chi connectivity index (χ1) is 11.3. The molecule has 0 bridgehead atoms. The third-order valence-electron chi connectivity index (χ3n) is 4.13. The Balaban J connectivity index is 1.76. The van der Waals surface area contributed by atoms with E-state index in [0.717, 1.165) is 60.5 Å². The highest BCUT2D eigenvalue weighted by Gasteiger charge is 2.17. The van der Waals surface area contributed by atoms with Crippen LogP contribution in [0.25, 0.3) is 10.9 Å². The zero-order valence-corrected chi connectivity index (χ0v) is 14.4. The number of aryl methyl sites for hydroxylation is 1. The number of aromatic nitrogens is 2. The number of rotatable bonds is 5. The predicted molar refractivity (Wildman–Crippen MR) is 94.7 cm³/mol. The van der Waals surface area contributed by atoms with Crippen molar-refractivity contribution in [3.63, 3.8) is 0 Å². The quantitative estimate of drug-likeness (QED) is 0.620. The monoisotopic (exact) mass is 329 g/mol. The number of hydrogen-bond acceptors (Lipinski definition) is 4. The second-order valence-corrected chi connectivity index (χ2v) is 6.91. The maximum atomic E-state index is 12.4. The first-order valence-electron chi connectivity index (χ1n) is 8.44. The molecule has 4 nitrogen and oxygen atoms in total. The molecule has 0 atom stereocenters. The summed E-state index contributed by atoms with van der Waals surface area (Å²) in [6.45, 7) is 3.95. The van der Waals surface area contributed by atoms with Gasteiger partial charge in [-0.15, -0.1) is 0 Å². The third-order valence-corrected chi connectivity index (χ3v) is 5.11. The molecule has 1 fully saturated rings. The summed E-state index contributed by atoms with van der Waals surface area (Å²) in [6, 6.07) is 8.06. The van der Waals surface area contributed by atoms with Crippen LogP contribution in [-0.2, 0) is 11.2 Å². The molecule has 23 heavy (non-hydrogen) atoms. The molecule has 2 heterocycles. The number of amides is 1. The standard InChI is InChI=1S/C18H23N3OS/c1-2-8-16-19-15-10-5-4-9-14(15)18(20-16)23-13-17(22)21-11-6-3-7-12-21/h4-5,9-10H,2-3,6-8,11-13H2,1H3. The van der Waals surface area contributed by atoms with Gasteiger partial charge in [0.05, 0.1) is 11.3 Å². The molecule has 0 saturated carbocycles. The SMILES string of the molecule is CCCc1nc(SCC(=O)N2CCCCC2)c2ccccc2n1. The van der Waals surface area contributed by atoms with Crippen molar-refractivity contribution >= 4 is 28.6 Å². The van der Waals surface area contributed by atoms with Crippen molar-refractivity contribution in [2.45, 2.75) is 44.1 Å². The Morgan fingerprint density at radius 3 is 2.74 bits per heavy atom. The molecule has 1 aliphatic heterocycles. The van der Waals surface area contributed by atoms with Crippen LogP contribution in [0.2, 0.25) is 0 Å². The summed E-state index contributed by atoms with van der Waals surface area (Å²) < 4.78 is 0. The summed E-state index contributed by atoms with van der Waals surface area (Å²) in [7, 11) is 0. The van der Waals surface area contributed by atoms with Crippen molar-refractivity contribution in [2.24, 2.45) is 0 Å². The Bertz CT molecular complexity index is 683. The van der Waals surface area contributed by atoms with Gasteiger partial charge in [-0.25, -0.2) is 9.97 Å². The fraction of sp³-hybridized carbons (Fsp3) is 0.500. The maximum absolute atomic E-state index is 12.4. The minimum absolute atomic E-state index is 0.231. The molecule has 0 radical (unpaired) electrons. The van der Waals surface area contributed by atoms with Crippen LogP contribution >= 0.6 is 11.8 Å². The first kappa shape index (κ1) is 16.2. The van der Waals surface area contributed by atoms with Crippen LogP contribution in [-0.4, -0.2) is 39.6 Å². The lowest BCUT2D eigenvalue weighted by molar-refractivity contribution is -0.129. The lowest BCUT2D eigenvalue weighted by atomic mass is 10.1. The molecule has 3 rings (SSSR count). The average Bonchev–Trinajstić information content (AvgIpc) is 2.60. The summed E-state index contributed by atoms with van der Waals surface area (Å²) >= 11 is 1.55. The maximum Gasteiger partial charge on any atom is 0.232 e. The number of likely N-dealkylation sites (tertiary alicyclic amines) is 1. The predicted octanol–water partition coefficient (Wildman–Crippen LogP) is 3.69. The highest BCUT2D eigenvalue weighted by atomic mass is 32.2. The highest BCUT2D eigenvalue weighted by Crippen LogP contribution is 2.26. The van der Waals surface area contributed by atoms with Crippen molar-refractivity contribution in [2.75, 3.05) is 18.8 Å². The van der Waals surface area contributed by atoms with Gasteiger partial charge in [-0.2, -0.15) is 0 Å². The number of hydrogen-bond donors (Lipinski definition) is 0. The summed E-state index contributed by atoms with van der Waals surface area (Å²) in [5, 5.41) is 1.98. The number of benzene rings is 1. The van der Waals surface area contributed by atoms with Gasteiger partial charge in [-0.3, -0.25) is 4.79 Å². The molecule has 1 aromatic heterocycles. The zero-order chi connectivity index (χ0) is 16.1. The number of piperidine rings is 1. The average molecular weight is 329 g/mol. The van der Waals surface area contributed by atoms with Crippen LogP contribution < -0.4 is 0 Å². The van der Waals surface area contributed by atoms with E-state index in [4.69, 9.17) is 0 Å². The molecule has 1 aliphatic rings. The zero-order valence-electron chi connectivity index (χ0n) is 13.6. The van der Waals surface area contributed by atoms with Crippen molar-refractivity contribution < 1.29 is 4.79 Å². The molecular formula is C18H23N3OS. The lowest BCUT2D eigenvalue weighted by Crippen LogP contribution is -2.36. The molecule has 5 heteroatoms. The fourth-order valence-electron chi connectivity index (χ4n) is 2.90. The van der Waals surface area contributed by atoms with Gasteiger partial charge in [0.2, 0.25) is 5.91 Å². The largest absolute Gasteiger partial charge is 0.342 e. The number of nitrogens with zero attached hydrogens (tertiary/aromatic N) is 3.